The first-order chi connectivity index (χ1) is 9.76. The van der Waals surface area contributed by atoms with Crippen molar-refractivity contribution < 1.29 is 4.74 Å². The molecule has 0 bridgehead atoms. The molecule has 0 spiro atoms. The number of aromatic nitrogens is 3. The zero-order valence-corrected chi connectivity index (χ0v) is 11.5. The lowest BCUT2D eigenvalue weighted by molar-refractivity contribution is 0.414. The molecule has 0 amide bonds. The molecule has 0 atom stereocenters. The number of ether oxygens (including phenoxy) is 1. The number of nitrogens with one attached hydrogen (secondary N) is 1. The molecule has 2 aromatic heterocycles. The summed E-state index contributed by atoms with van der Waals surface area (Å²) in [4.78, 5) is 4.37. The monoisotopic (exact) mass is 268 g/mol. The van der Waals surface area contributed by atoms with E-state index in [1.807, 2.05) is 48.0 Å². The minimum absolute atomic E-state index is 0.709. The van der Waals surface area contributed by atoms with Gasteiger partial charge in [-0.2, -0.15) is 5.10 Å². The maximum Gasteiger partial charge on any atom is 0.152 e. The van der Waals surface area contributed by atoms with E-state index in [1.54, 1.807) is 13.3 Å². The minimum Gasteiger partial charge on any atom is -0.497 e. The Kier molecular flexibility index (Phi) is 3.25. The van der Waals surface area contributed by atoms with Gasteiger partial charge in [-0.1, -0.05) is 12.1 Å². The molecule has 2 heterocycles. The molecular formula is C15H16N4O. The highest BCUT2D eigenvalue weighted by Crippen LogP contribution is 2.17. The first kappa shape index (κ1) is 12.5. The summed E-state index contributed by atoms with van der Waals surface area (Å²) in [6.45, 7) is 2.68. The van der Waals surface area contributed by atoms with Crippen LogP contribution in [0.15, 0.2) is 42.7 Å². The van der Waals surface area contributed by atoms with Crippen molar-refractivity contribution in [1.29, 1.82) is 0 Å². The van der Waals surface area contributed by atoms with Crippen molar-refractivity contribution in [2.45, 2.75) is 13.5 Å². The molecule has 102 valence electrons. The number of anilines is 1. The van der Waals surface area contributed by atoms with Crippen LogP contribution in [0, 0.1) is 6.92 Å². The van der Waals surface area contributed by atoms with Crippen LogP contribution in [-0.4, -0.2) is 21.7 Å². The number of benzene rings is 1. The number of fused-ring (bicyclic) bond motifs is 1. The number of nitrogens with zero attached hydrogens (tertiary/aromatic N) is 3. The standard InChI is InChI=1S/C15H16N4O/c1-11-9-14-15(16-7-8-19(14)18-11)17-10-12-3-5-13(20-2)6-4-12/h3-9H,10H2,1-2H3,(H,16,17). The molecule has 3 rings (SSSR count). The lowest BCUT2D eigenvalue weighted by Crippen LogP contribution is -2.03. The van der Waals surface area contributed by atoms with E-state index in [2.05, 4.69) is 15.4 Å². The third-order valence-corrected chi connectivity index (χ3v) is 3.13. The molecule has 0 aliphatic carbocycles. The Morgan fingerprint density at radius 2 is 2.05 bits per heavy atom. The van der Waals surface area contributed by atoms with Crippen molar-refractivity contribution in [2.75, 3.05) is 12.4 Å². The van der Waals surface area contributed by atoms with Crippen LogP contribution in [0.1, 0.15) is 11.3 Å². The lowest BCUT2D eigenvalue weighted by Gasteiger charge is -2.07. The van der Waals surface area contributed by atoms with E-state index in [1.165, 1.54) is 5.56 Å². The first-order valence-corrected chi connectivity index (χ1v) is 6.44. The van der Waals surface area contributed by atoms with Crippen LogP contribution in [-0.2, 0) is 6.54 Å². The zero-order valence-electron chi connectivity index (χ0n) is 11.5. The van der Waals surface area contributed by atoms with E-state index in [-0.39, 0.29) is 0 Å². The summed E-state index contributed by atoms with van der Waals surface area (Å²) in [6, 6.07) is 9.99. The summed E-state index contributed by atoms with van der Waals surface area (Å²) >= 11 is 0. The van der Waals surface area contributed by atoms with Gasteiger partial charge in [-0.3, -0.25) is 0 Å². The molecule has 5 nitrogen and oxygen atoms in total. The molecule has 0 unspecified atom stereocenters. The summed E-state index contributed by atoms with van der Waals surface area (Å²) < 4.78 is 6.98. The van der Waals surface area contributed by atoms with E-state index in [4.69, 9.17) is 4.74 Å². The fourth-order valence-corrected chi connectivity index (χ4v) is 2.11. The van der Waals surface area contributed by atoms with Crippen molar-refractivity contribution >= 4 is 11.3 Å². The molecule has 0 radical (unpaired) electrons. The topological polar surface area (TPSA) is 51.5 Å². The van der Waals surface area contributed by atoms with Crippen molar-refractivity contribution in [2.24, 2.45) is 0 Å². The molecule has 0 aliphatic heterocycles. The van der Waals surface area contributed by atoms with E-state index >= 15 is 0 Å². The average molecular weight is 268 g/mol. The number of hydrogen-bond donors (Lipinski definition) is 1. The van der Waals surface area contributed by atoms with Crippen LogP contribution >= 0.6 is 0 Å². The largest absolute Gasteiger partial charge is 0.497 e. The van der Waals surface area contributed by atoms with Gasteiger partial charge in [-0.15, -0.1) is 0 Å². The Hall–Kier alpha value is -2.56. The van der Waals surface area contributed by atoms with Crippen molar-refractivity contribution in [3.8, 4) is 5.75 Å². The Bertz CT molecular complexity index is 718. The molecule has 0 saturated carbocycles. The Labute approximate surface area is 117 Å². The summed E-state index contributed by atoms with van der Waals surface area (Å²) in [5, 5.41) is 7.71. The van der Waals surface area contributed by atoms with E-state index in [0.29, 0.717) is 6.54 Å². The van der Waals surface area contributed by atoms with Gasteiger partial charge in [0, 0.05) is 18.9 Å². The summed E-state index contributed by atoms with van der Waals surface area (Å²) in [5.74, 6) is 1.70. The summed E-state index contributed by atoms with van der Waals surface area (Å²) in [6.07, 6.45) is 3.59. The molecule has 3 aromatic rings. The van der Waals surface area contributed by atoms with Crippen molar-refractivity contribution in [3.05, 3.63) is 54.0 Å². The second-order valence-corrected chi connectivity index (χ2v) is 4.59. The zero-order chi connectivity index (χ0) is 13.9. The smallest absolute Gasteiger partial charge is 0.152 e. The van der Waals surface area contributed by atoms with E-state index in [0.717, 1.165) is 22.8 Å². The van der Waals surface area contributed by atoms with Gasteiger partial charge in [0.05, 0.1) is 12.8 Å². The quantitative estimate of drug-likeness (QED) is 0.790. The van der Waals surface area contributed by atoms with Crippen LogP contribution in [0.2, 0.25) is 0 Å². The average Bonchev–Trinajstić information content (AvgIpc) is 2.86. The summed E-state index contributed by atoms with van der Waals surface area (Å²) in [7, 11) is 1.67. The van der Waals surface area contributed by atoms with Gasteiger partial charge in [-0.25, -0.2) is 9.50 Å². The number of aryl methyl sites for hydroxylation is 1. The SMILES string of the molecule is COc1ccc(CNc2nccn3nc(C)cc23)cc1. The van der Waals surface area contributed by atoms with E-state index < -0.39 is 0 Å². The number of methoxy groups -OCH3 is 1. The third kappa shape index (κ3) is 2.42. The highest BCUT2D eigenvalue weighted by atomic mass is 16.5. The predicted octanol–water partition coefficient (Wildman–Crippen LogP) is 2.66. The Morgan fingerprint density at radius 1 is 1.25 bits per heavy atom. The third-order valence-electron chi connectivity index (χ3n) is 3.13. The van der Waals surface area contributed by atoms with Gasteiger partial charge >= 0.3 is 0 Å². The fourth-order valence-electron chi connectivity index (χ4n) is 2.11. The van der Waals surface area contributed by atoms with Crippen LogP contribution in [0.3, 0.4) is 0 Å². The highest BCUT2D eigenvalue weighted by Gasteiger charge is 2.04. The van der Waals surface area contributed by atoms with Crippen LogP contribution in [0.25, 0.3) is 5.52 Å². The van der Waals surface area contributed by atoms with Crippen LogP contribution < -0.4 is 10.1 Å². The normalized spacial score (nSPS) is 10.7. The maximum absolute atomic E-state index is 5.15. The second-order valence-electron chi connectivity index (χ2n) is 4.59. The molecule has 0 fully saturated rings. The molecule has 0 aliphatic rings. The van der Waals surface area contributed by atoms with Gasteiger partial charge in [0.2, 0.25) is 0 Å². The second kappa shape index (κ2) is 5.21. The molecule has 0 saturated heterocycles. The molecule has 20 heavy (non-hydrogen) atoms. The predicted molar refractivity (Wildman–Crippen MR) is 78.0 cm³/mol. The van der Waals surface area contributed by atoms with Gasteiger partial charge < -0.3 is 10.1 Å². The van der Waals surface area contributed by atoms with E-state index in [9.17, 15) is 0 Å². The fraction of sp³-hybridized carbons (Fsp3) is 0.200. The van der Waals surface area contributed by atoms with Crippen molar-refractivity contribution in [1.82, 2.24) is 14.6 Å². The molecule has 5 heteroatoms. The molecule has 1 N–H and O–H groups in total. The van der Waals surface area contributed by atoms with Crippen LogP contribution in [0.5, 0.6) is 5.75 Å². The minimum atomic E-state index is 0.709. The van der Waals surface area contributed by atoms with Gasteiger partial charge in [0.15, 0.2) is 5.82 Å². The molecule has 1 aromatic carbocycles. The Morgan fingerprint density at radius 3 is 2.80 bits per heavy atom. The lowest BCUT2D eigenvalue weighted by atomic mass is 10.2. The number of hydrogen-bond acceptors (Lipinski definition) is 4. The summed E-state index contributed by atoms with van der Waals surface area (Å²) in [5.41, 5.74) is 3.13. The maximum atomic E-state index is 5.15. The number of rotatable bonds is 4. The van der Waals surface area contributed by atoms with Crippen LogP contribution in [0.4, 0.5) is 5.82 Å². The Balaban J connectivity index is 1.79. The molecular weight excluding hydrogens is 252 g/mol. The highest BCUT2D eigenvalue weighted by molar-refractivity contribution is 5.67. The van der Waals surface area contributed by atoms with Gasteiger partial charge in [-0.05, 0) is 30.7 Å². The van der Waals surface area contributed by atoms with Gasteiger partial charge in [0.25, 0.3) is 0 Å². The van der Waals surface area contributed by atoms with Gasteiger partial charge in [0.1, 0.15) is 11.3 Å². The van der Waals surface area contributed by atoms with Crippen molar-refractivity contribution in [3.63, 3.8) is 0 Å². The first-order valence-electron chi connectivity index (χ1n) is 6.44.